The molecule has 0 atom stereocenters. The number of hydrogen-bond donors (Lipinski definition) is 1. The Hall–Kier alpha value is -2.54. The lowest BCUT2D eigenvalue weighted by atomic mass is 10.1. The second-order valence-corrected chi connectivity index (χ2v) is 4.46. The van der Waals surface area contributed by atoms with E-state index in [4.69, 9.17) is 10.00 Å². The van der Waals surface area contributed by atoms with Gasteiger partial charge in [-0.1, -0.05) is 13.0 Å². The molecule has 2 rings (SSSR count). The van der Waals surface area contributed by atoms with Gasteiger partial charge in [-0.3, -0.25) is 0 Å². The molecule has 4 heteroatoms. The van der Waals surface area contributed by atoms with E-state index in [1.807, 2.05) is 31.2 Å². The predicted molar refractivity (Wildman–Crippen MR) is 79.3 cm³/mol. The lowest BCUT2D eigenvalue weighted by Crippen LogP contribution is -2.01. The van der Waals surface area contributed by atoms with Gasteiger partial charge in [0.1, 0.15) is 0 Å². The van der Waals surface area contributed by atoms with Crippen LogP contribution in [0.25, 0.3) is 0 Å². The fourth-order valence-corrected chi connectivity index (χ4v) is 2.00. The number of nitrogens with one attached hydrogen (secondary N) is 1. The third-order valence-corrected chi connectivity index (χ3v) is 3.10. The summed E-state index contributed by atoms with van der Waals surface area (Å²) >= 11 is 0. The van der Waals surface area contributed by atoms with Crippen molar-refractivity contribution in [3.63, 3.8) is 0 Å². The van der Waals surface area contributed by atoms with Crippen molar-refractivity contribution in [2.24, 2.45) is 0 Å². The van der Waals surface area contributed by atoms with Gasteiger partial charge in [0.05, 0.1) is 30.1 Å². The van der Waals surface area contributed by atoms with E-state index in [2.05, 4.69) is 23.3 Å². The quantitative estimate of drug-likeness (QED) is 0.920. The highest BCUT2D eigenvalue weighted by Crippen LogP contribution is 2.26. The Labute approximate surface area is 119 Å². The molecule has 0 saturated heterocycles. The van der Waals surface area contributed by atoms with Crippen molar-refractivity contribution in [2.75, 3.05) is 12.4 Å². The molecule has 4 nitrogen and oxygen atoms in total. The highest BCUT2D eigenvalue weighted by Gasteiger charge is 2.08. The largest absolute Gasteiger partial charge is 0.481 e. The van der Waals surface area contributed by atoms with Crippen molar-refractivity contribution < 1.29 is 4.74 Å². The number of nitrogens with zero attached hydrogens (tertiary/aromatic N) is 2. The maximum absolute atomic E-state index is 8.93. The second-order valence-electron chi connectivity index (χ2n) is 4.46. The van der Waals surface area contributed by atoms with E-state index in [1.165, 1.54) is 0 Å². The Bertz CT molecular complexity index is 659. The number of aryl methyl sites for hydroxylation is 2. The second kappa shape index (κ2) is 6.07. The standard InChI is InChI=1S/C16H17N3O/c1-4-13-9-15(11(2)18-16(13)20-3)19-14-7-5-6-12(8-14)10-17/h5-9,19H,4H2,1-3H3. The van der Waals surface area contributed by atoms with E-state index in [9.17, 15) is 0 Å². The summed E-state index contributed by atoms with van der Waals surface area (Å²) in [6.07, 6.45) is 0.851. The first-order valence-electron chi connectivity index (χ1n) is 6.49. The molecule has 2 aromatic rings. The summed E-state index contributed by atoms with van der Waals surface area (Å²) in [6, 6.07) is 11.6. The molecular weight excluding hydrogens is 250 g/mol. The van der Waals surface area contributed by atoms with Crippen LogP contribution in [0.2, 0.25) is 0 Å². The average Bonchev–Trinajstić information content (AvgIpc) is 2.49. The Morgan fingerprint density at radius 2 is 2.15 bits per heavy atom. The summed E-state index contributed by atoms with van der Waals surface area (Å²) in [7, 11) is 1.63. The number of nitriles is 1. The zero-order valence-electron chi connectivity index (χ0n) is 11.9. The minimum Gasteiger partial charge on any atom is -0.481 e. The lowest BCUT2D eigenvalue weighted by molar-refractivity contribution is 0.392. The van der Waals surface area contributed by atoms with Crippen LogP contribution in [0, 0.1) is 18.3 Å². The monoisotopic (exact) mass is 267 g/mol. The van der Waals surface area contributed by atoms with Gasteiger partial charge in [-0.15, -0.1) is 0 Å². The minimum absolute atomic E-state index is 0.629. The smallest absolute Gasteiger partial charge is 0.216 e. The molecule has 1 heterocycles. The van der Waals surface area contributed by atoms with E-state index >= 15 is 0 Å². The van der Waals surface area contributed by atoms with Gasteiger partial charge < -0.3 is 10.1 Å². The molecule has 0 amide bonds. The Morgan fingerprint density at radius 3 is 2.80 bits per heavy atom. The zero-order chi connectivity index (χ0) is 14.5. The first-order valence-corrected chi connectivity index (χ1v) is 6.49. The van der Waals surface area contributed by atoms with E-state index in [1.54, 1.807) is 13.2 Å². The molecule has 0 unspecified atom stereocenters. The van der Waals surface area contributed by atoms with Crippen molar-refractivity contribution in [2.45, 2.75) is 20.3 Å². The fraction of sp³-hybridized carbons (Fsp3) is 0.250. The van der Waals surface area contributed by atoms with Gasteiger partial charge >= 0.3 is 0 Å². The van der Waals surface area contributed by atoms with Crippen LogP contribution in [0.5, 0.6) is 5.88 Å². The number of pyridine rings is 1. The van der Waals surface area contributed by atoms with Crippen molar-refractivity contribution >= 4 is 11.4 Å². The molecule has 0 bridgehead atoms. The summed E-state index contributed by atoms with van der Waals surface area (Å²) in [5, 5.41) is 12.2. The van der Waals surface area contributed by atoms with Crippen LogP contribution >= 0.6 is 0 Å². The van der Waals surface area contributed by atoms with E-state index in [0.29, 0.717) is 11.4 Å². The predicted octanol–water partition coefficient (Wildman–Crippen LogP) is 3.58. The van der Waals surface area contributed by atoms with Crippen molar-refractivity contribution in [3.05, 3.63) is 47.2 Å². The molecule has 1 aromatic heterocycles. The first-order chi connectivity index (χ1) is 9.67. The molecule has 102 valence electrons. The molecule has 1 N–H and O–H groups in total. The summed E-state index contributed by atoms with van der Waals surface area (Å²) < 4.78 is 5.28. The summed E-state index contributed by atoms with van der Waals surface area (Å²) in [4.78, 5) is 4.45. The number of benzene rings is 1. The summed E-state index contributed by atoms with van der Waals surface area (Å²) in [5.41, 5.74) is 4.35. The Morgan fingerprint density at radius 1 is 1.35 bits per heavy atom. The van der Waals surface area contributed by atoms with Crippen LogP contribution in [0.4, 0.5) is 11.4 Å². The molecule has 0 radical (unpaired) electrons. The maximum atomic E-state index is 8.93. The van der Waals surface area contributed by atoms with Gasteiger partial charge in [0, 0.05) is 11.3 Å². The number of hydrogen-bond acceptors (Lipinski definition) is 4. The molecular formula is C16H17N3O. The van der Waals surface area contributed by atoms with Crippen LogP contribution in [-0.4, -0.2) is 12.1 Å². The van der Waals surface area contributed by atoms with Crippen LogP contribution in [0.1, 0.15) is 23.7 Å². The molecule has 0 fully saturated rings. The summed E-state index contributed by atoms with van der Waals surface area (Å²) in [5.74, 6) is 0.668. The molecule has 0 aliphatic carbocycles. The molecule has 1 aromatic carbocycles. The van der Waals surface area contributed by atoms with E-state index in [0.717, 1.165) is 29.1 Å². The van der Waals surface area contributed by atoms with E-state index in [-0.39, 0.29) is 0 Å². The van der Waals surface area contributed by atoms with Crippen LogP contribution in [0.3, 0.4) is 0 Å². The molecule has 0 aliphatic rings. The van der Waals surface area contributed by atoms with Gasteiger partial charge in [-0.05, 0) is 37.6 Å². The number of ether oxygens (including phenoxy) is 1. The Balaban J connectivity index is 2.35. The van der Waals surface area contributed by atoms with E-state index < -0.39 is 0 Å². The fourth-order valence-electron chi connectivity index (χ4n) is 2.00. The molecule has 0 saturated carbocycles. The Kier molecular flexibility index (Phi) is 4.21. The highest BCUT2D eigenvalue weighted by molar-refractivity contribution is 5.64. The third-order valence-electron chi connectivity index (χ3n) is 3.10. The maximum Gasteiger partial charge on any atom is 0.216 e. The number of aromatic nitrogens is 1. The highest BCUT2D eigenvalue weighted by atomic mass is 16.5. The number of anilines is 2. The van der Waals surface area contributed by atoms with Crippen LogP contribution in [0.15, 0.2) is 30.3 Å². The summed E-state index contributed by atoms with van der Waals surface area (Å²) in [6.45, 7) is 3.99. The minimum atomic E-state index is 0.629. The van der Waals surface area contributed by atoms with Gasteiger partial charge in [-0.2, -0.15) is 5.26 Å². The lowest BCUT2D eigenvalue weighted by Gasteiger charge is -2.13. The number of rotatable bonds is 4. The van der Waals surface area contributed by atoms with Gasteiger partial charge in [0.2, 0.25) is 5.88 Å². The van der Waals surface area contributed by atoms with Crippen molar-refractivity contribution in [3.8, 4) is 11.9 Å². The van der Waals surface area contributed by atoms with Gasteiger partial charge in [0.15, 0.2) is 0 Å². The first kappa shape index (κ1) is 13.9. The average molecular weight is 267 g/mol. The molecule has 20 heavy (non-hydrogen) atoms. The van der Waals surface area contributed by atoms with Crippen LogP contribution in [-0.2, 0) is 6.42 Å². The molecule has 0 spiro atoms. The SMILES string of the molecule is CCc1cc(Nc2cccc(C#N)c2)c(C)nc1OC. The third kappa shape index (κ3) is 2.89. The molecule has 0 aliphatic heterocycles. The van der Waals surface area contributed by atoms with Crippen molar-refractivity contribution in [1.29, 1.82) is 5.26 Å². The van der Waals surface area contributed by atoms with Crippen LogP contribution < -0.4 is 10.1 Å². The topological polar surface area (TPSA) is 57.9 Å². The zero-order valence-corrected chi connectivity index (χ0v) is 11.9. The number of methoxy groups -OCH3 is 1. The van der Waals surface area contributed by atoms with Gasteiger partial charge in [-0.25, -0.2) is 4.98 Å². The van der Waals surface area contributed by atoms with Gasteiger partial charge in [0.25, 0.3) is 0 Å². The van der Waals surface area contributed by atoms with Crippen molar-refractivity contribution in [1.82, 2.24) is 4.98 Å². The normalized spacial score (nSPS) is 9.90.